The zero-order valence-electron chi connectivity index (χ0n) is 9.31. The van der Waals surface area contributed by atoms with E-state index in [2.05, 4.69) is 5.32 Å². The van der Waals surface area contributed by atoms with Crippen molar-refractivity contribution in [2.75, 3.05) is 6.54 Å². The Morgan fingerprint density at radius 2 is 1.60 bits per heavy atom. The molecule has 3 heteroatoms. The molecule has 3 nitrogen and oxygen atoms in total. The van der Waals surface area contributed by atoms with Crippen LogP contribution in [0.15, 0.2) is 36.4 Å². The van der Waals surface area contributed by atoms with Crippen LogP contribution in [0.25, 0.3) is 0 Å². The van der Waals surface area contributed by atoms with Gasteiger partial charge in [0.15, 0.2) is 0 Å². The molecular formula is C12H19NO2. The monoisotopic (exact) mass is 209 g/mol. The summed E-state index contributed by atoms with van der Waals surface area (Å²) in [5, 5.41) is 11.2. The predicted molar refractivity (Wildman–Crippen MR) is 61.8 cm³/mol. The van der Waals surface area contributed by atoms with Gasteiger partial charge in [-0.25, -0.2) is 0 Å². The van der Waals surface area contributed by atoms with Gasteiger partial charge in [0.25, 0.3) is 0 Å². The first-order valence-corrected chi connectivity index (χ1v) is 5.14. The van der Waals surface area contributed by atoms with E-state index in [1.807, 2.05) is 43.3 Å². The zero-order chi connectivity index (χ0) is 11.5. The fourth-order valence-electron chi connectivity index (χ4n) is 0.833. The molecule has 2 N–H and O–H groups in total. The van der Waals surface area contributed by atoms with Crippen molar-refractivity contribution < 1.29 is 9.90 Å². The maximum Gasteiger partial charge on any atom is 0.320 e. The van der Waals surface area contributed by atoms with Crippen molar-refractivity contribution in [2.24, 2.45) is 0 Å². The van der Waals surface area contributed by atoms with E-state index in [4.69, 9.17) is 5.11 Å². The first kappa shape index (κ1) is 13.7. The molecule has 0 spiro atoms. The Labute approximate surface area is 91.1 Å². The molecule has 0 aromatic heterocycles. The molecule has 0 bridgehead atoms. The molecule has 0 aliphatic carbocycles. The van der Waals surface area contributed by atoms with Crippen molar-refractivity contribution in [1.82, 2.24) is 5.32 Å². The van der Waals surface area contributed by atoms with Gasteiger partial charge in [-0.3, -0.25) is 4.79 Å². The third-order valence-corrected chi connectivity index (χ3v) is 1.74. The van der Waals surface area contributed by atoms with E-state index in [1.54, 1.807) is 6.92 Å². The summed E-state index contributed by atoms with van der Waals surface area (Å²) in [5.74, 6) is -0.788. The van der Waals surface area contributed by atoms with E-state index < -0.39 is 12.0 Å². The van der Waals surface area contributed by atoms with E-state index in [9.17, 15) is 4.79 Å². The number of carbonyl (C=O) groups is 1. The first-order valence-electron chi connectivity index (χ1n) is 5.14. The highest BCUT2D eigenvalue weighted by Gasteiger charge is 2.06. The van der Waals surface area contributed by atoms with Gasteiger partial charge in [-0.1, -0.05) is 43.3 Å². The number of benzene rings is 1. The number of nitrogens with one attached hydrogen (secondary N) is 1. The standard InChI is InChI=1S/C6H13NO2.C6H6/c1-3-4-7-5(2)6(8)9;1-2-4-6-5-3-1/h5,7H,3-4H2,1-2H3,(H,8,9);1-6H/t5-;/m0./s1. The van der Waals surface area contributed by atoms with Crippen LogP contribution in [0.2, 0.25) is 0 Å². The second-order valence-corrected chi connectivity index (χ2v) is 3.17. The van der Waals surface area contributed by atoms with Gasteiger partial charge in [0, 0.05) is 0 Å². The van der Waals surface area contributed by atoms with Gasteiger partial charge in [-0.05, 0) is 19.9 Å². The van der Waals surface area contributed by atoms with Crippen LogP contribution >= 0.6 is 0 Å². The van der Waals surface area contributed by atoms with Crippen molar-refractivity contribution in [3.8, 4) is 0 Å². The smallest absolute Gasteiger partial charge is 0.320 e. The fourth-order valence-corrected chi connectivity index (χ4v) is 0.833. The van der Waals surface area contributed by atoms with Crippen LogP contribution in [-0.4, -0.2) is 23.7 Å². The first-order chi connectivity index (χ1) is 7.18. The van der Waals surface area contributed by atoms with Crippen molar-refractivity contribution in [1.29, 1.82) is 0 Å². The summed E-state index contributed by atoms with van der Waals surface area (Å²) in [7, 11) is 0. The normalized spacial score (nSPS) is 11.1. The lowest BCUT2D eigenvalue weighted by atomic mass is 10.3. The van der Waals surface area contributed by atoms with Gasteiger partial charge in [0.1, 0.15) is 6.04 Å². The number of carboxylic acids is 1. The zero-order valence-corrected chi connectivity index (χ0v) is 9.31. The van der Waals surface area contributed by atoms with E-state index in [0.29, 0.717) is 0 Å². The van der Waals surface area contributed by atoms with Crippen molar-refractivity contribution in [2.45, 2.75) is 26.3 Å². The quantitative estimate of drug-likeness (QED) is 0.798. The SMILES string of the molecule is CCCN[C@@H](C)C(=O)O.c1ccccc1. The van der Waals surface area contributed by atoms with Gasteiger partial charge in [-0.15, -0.1) is 0 Å². The maximum absolute atomic E-state index is 10.1. The number of aliphatic carboxylic acids is 1. The Balaban J connectivity index is 0.000000280. The molecule has 1 atom stereocenters. The van der Waals surface area contributed by atoms with Gasteiger partial charge >= 0.3 is 5.97 Å². The minimum absolute atomic E-state index is 0.412. The van der Waals surface area contributed by atoms with Crippen molar-refractivity contribution in [3.63, 3.8) is 0 Å². The molecule has 0 unspecified atom stereocenters. The molecule has 1 rings (SSSR count). The Kier molecular flexibility index (Phi) is 8.39. The average molecular weight is 209 g/mol. The van der Waals surface area contributed by atoms with E-state index in [-0.39, 0.29) is 0 Å². The summed E-state index contributed by atoms with van der Waals surface area (Å²) in [6.07, 6.45) is 0.970. The predicted octanol–water partition coefficient (Wildman–Crippen LogP) is 2.15. The Morgan fingerprint density at radius 1 is 1.20 bits per heavy atom. The summed E-state index contributed by atoms with van der Waals surface area (Å²) in [5.41, 5.74) is 0. The molecule has 84 valence electrons. The molecule has 0 saturated carbocycles. The number of hydrogen-bond acceptors (Lipinski definition) is 2. The van der Waals surface area contributed by atoms with Crippen LogP contribution in [0.5, 0.6) is 0 Å². The lowest BCUT2D eigenvalue weighted by molar-refractivity contribution is -0.138. The van der Waals surface area contributed by atoms with Crippen molar-refractivity contribution in [3.05, 3.63) is 36.4 Å². The minimum Gasteiger partial charge on any atom is -0.480 e. The average Bonchev–Trinajstić information content (AvgIpc) is 2.29. The van der Waals surface area contributed by atoms with Crippen LogP contribution in [0.4, 0.5) is 0 Å². The summed E-state index contributed by atoms with van der Waals surface area (Å²) in [6.45, 7) is 4.41. The third-order valence-electron chi connectivity index (χ3n) is 1.74. The molecule has 0 aliphatic rings. The van der Waals surface area contributed by atoms with Crippen LogP contribution in [0.3, 0.4) is 0 Å². The second kappa shape index (κ2) is 9.21. The largest absolute Gasteiger partial charge is 0.480 e. The molecule has 0 heterocycles. The Bertz CT molecular complexity index is 222. The van der Waals surface area contributed by atoms with Crippen LogP contribution in [0.1, 0.15) is 20.3 Å². The molecule has 0 fully saturated rings. The summed E-state index contributed by atoms with van der Waals surface area (Å²) in [6, 6.07) is 11.6. The highest BCUT2D eigenvalue weighted by molar-refractivity contribution is 5.72. The van der Waals surface area contributed by atoms with Gasteiger partial charge in [0.05, 0.1) is 0 Å². The third kappa shape index (κ3) is 8.97. The summed E-state index contributed by atoms with van der Waals surface area (Å²) >= 11 is 0. The van der Waals surface area contributed by atoms with Gasteiger partial charge in [-0.2, -0.15) is 0 Å². The van der Waals surface area contributed by atoms with Crippen LogP contribution in [-0.2, 0) is 4.79 Å². The summed E-state index contributed by atoms with van der Waals surface area (Å²) in [4.78, 5) is 10.1. The van der Waals surface area contributed by atoms with Crippen molar-refractivity contribution >= 4 is 5.97 Å². The fraction of sp³-hybridized carbons (Fsp3) is 0.417. The maximum atomic E-state index is 10.1. The lowest BCUT2D eigenvalue weighted by Crippen LogP contribution is -2.33. The second-order valence-electron chi connectivity index (χ2n) is 3.17. The molecule has 0 radical (unpaired) electrons. The highest BCUT2D eigenvalue weighted by Crippen LogP contribution is 1.80. The number of hydrogen-bond donors (Lipinski definition) is 2. The summed E-state index contributed by atoms with van der Waals surface area (Å²) < 4.78 is 0. The molecule has 0 aliphatic heterocycles. The topological polar surface area (TPSA) is 49.3 Å². The Hall–Kier alpha value is -1.35. The Morgan fingerprint density at radius 3 is 1.87 bits per heavy atom. The van der Waals surface area contributed by atoms with Crippen LogP contribution in [0, 0.1) is 0 Å². The molecule has 1 aromatic rings. The van der Waals surface area contributed by atoms with E-state index in [1.165, 1.54) is 0 Å². The van der Waals surface area contributed by atoms with E-state index >= 15 is 0 Å². The molecule has 0 amide bonds. The van der Waals surface area contributed by atoms with Crippen LogP contribution < -0.4 is 5.32 Å². The molecule has 0 saturated heterocycles. The molecular weight excluding hydrogens is 190 g/mol. The molecule has 1 aromatic carbocycles. The number of carboxylic acid groups (broad SMARTS) is 1. The number of rotatable bonds is 4. The van der Waals surface area contributed by atoms with E-state index in [0.717, 1.165) is 13.0 Å². The minimum atomic E-state index is -0.788. The molecule has 15 heavy (non-hydrogen) atoms. The lowest BCUT2D eigenvalue weighted by Gasteiger charge is -2.05. The highest BCUT2D eigenvalue weighted by atomic mass is 16.4. The van der Waals surface area contributed by atoms with Gasteiger partial charge in [0.2, 0.25) is 0 Å². The van der Waals surface area contributed by atoms with Gasteiger partial charge < -0.3 is 10.4 Å².